The molecule has 1 aliphatic heterocycles. The number of nitrogens with zero attached hydrogens (tertiary/aromatic N) is 3. The number of aliphatic hydroxyl groups is 1. The fourth-order valence-electron chi connectivity index (χ4n) is 2.54. The fraction of sp³-hybridized carbons (Fsp3) is 0.923. The summed E-state index contributed by atoms with van der Waals surface area (Å²) in [4.78, 5) is 8.26. The van der Waals surface area contributed by atoms with Crippen molar-refractivity contribution in [2.45, 2.75) is 38.8 Å². The SMILES string of the molecule is [C-]#[N+]CC1(N(CC)CCO)CN(C(C)(C)C)C1. The maximum Gasteiger partial charge on any atom is 0.235 e. The van der Waals surface area contributed by atoms with E-state index >= 15 is 0 Å². The minimum absolute atomic E-state index is 0.0352. The Kier molecular flexibility index (Phi) is 4.54. The van der Waals surface area contributed by atoms with Crippen molar-refractivity contribution in [3.8, 4) is 0 Å². The van der Waals surface area contributed by atoms with Crippen LogP contribution in [0, 0.1) is 6.57 Å². The van der Waals surface area contributed by atoms with Crippen LogP contribution in [-0.2, 0) is 0 Å². The quantitative estimate of drug-likeness (QED) is 0.728. The summed E-state index contributed by atoms with van der Waals surface area (Å²) in [6, 6.07) is 0. The minimum Gasteiger partial charge on any atom is -0.395 e. The maximum atomic E-state index is 9.11. The second-order valence-corrected chi connectivity index (χ2v) is 5.87. The van der Waals surface area contributed by atoms with E-state index in [-0.39, 0.29) is 17.7 Å². The first-order valence-corrected chi connectivity index (χ1v) is 6.34. The molecule has 0 radical (unpaired) electrons. The molecule has 0 saturated carbocycles. The molecular formula is C13H25N3O. The van der Waals surface area contributed by atoms with Crippen LogP contribution in [-0.4, -0.2) is 65.3 Å². The van der Waals surface area contributed by atoms with E-state index in [1.54, 1.807) is 0 Å². The Labute approximate surface area is 105 Å². The highest BCUT2D eigenvalue weighted by atomic mass is 16.3. The monoisotopic (exact) mass is 239 g/mol. The van der Waals surface area contributed by atoms with Gasteiger partial charge in [-0.2, -0.15) is 0 Å². The molecule has 1 saturated heterocycles. The molecule has 0 amide bonds. The van der Waals surface area contributed by atoms with Gasteiger partial charge in [-0.05, 0) is 27.3 Å². The zero-order valence-corrected chi connectivity index (χ0v) is 11.5. The van der Waals surface area contributed by atoms with Crippen molar-refractivity contribution in [1.29, 1.82) is 0 Å². The molecule has 98 valence electrons. The summed E-state index contributed by atoms with van der Waals surface area (Å²) in [5, 5.41) is 9.11. The van der Waals surface area contributed by atoms with E-state index in [2.05, 4.69) is 42.3 Å². The van der Waals surface area contributed by atoms with Crippen molar-refractivity contribution in [1.82, 2.24) is 9.80 Å². The van der Waals surface area contributed by atoms with Crippen LogP contribution < -0.4 is 0 Å². The molecule has 4 heteroatoms. The third-order valence-corrected chi connectivity index (χ3v) is 3.71. The van der Waals surface area contributed by atoms with Gasteiger partial charge in [-0.3, -0.25) is 9.80 Å². The Morgan fingerprint density at radius 3 is 2.35 bits per heavy atom. The molecule has 1 heterocycles. The molecule has 1 rings (SSSR count). The van der Waals surface area contributed by atoms with Crippen molar-refractivity contribution in [2.75, 3.05) is 39.3 Å². The summed E-state index contributed by atoms with van der Waals surface area (Å²) in [6.07, 6.45) is 0. The Balaban J connectivity index is 2.72. The van der Waals surface area contributed by atoms with Crippen molar-refractivity contribution in [3.63, 3.8) is 0 Å². The summed E-state index contributed by atoms with van der Waals surface area (Å²) in [5.74, 6) is 0. The zero-order chi connectivity index (χ0) is 13.1. The molecule has 0 aliphatic carbocycles. The lowest BCUT2D eigenvalue weighted by molar-refractivity contribution is -0.0872. The molecule has 0 spiro atoms. The second kappa shape index (κ2) is 5.34. The average molecular weight is 239 g/mol. The largest absolute Gasteiger partial charge is 0.395 e. The summed E-state index contributed by atoms with van der Waals surface area (Å²) in [7, 11) is 0. The molecule has 1 fully saturated rings. The van der Waals surface area contributed by atoms with Crippen molar-refractivity contribution in [2.24, 2.45) is 0 Å². The summed E-state index contributed by atoms with van der Waals surface area (Å²) in [5.41, 5.74) is 0.136. The number of hydrogen-bond donors (Lipinski definition) is 1. The predicted octanol–water partition coefficient (Wildman–Crippen LogP) is 1.07. The van der Waals surface area contributed by atoms with Gasteiger partial charge in [-0.25, -0.2) is 6.57 Å². The molecule has 1 aliphatic rings. The van der Waals surface area contributed by atoms with Gasteiger partial charge in [0.2, 0.25) is 6.54 Å². The highest BCUT2D eigenvalue weighted by molar-refractivity contribution is 5.10. The lowest BCUT2D eigenvalue weighted by Crippen LogP contribution is -2.75. The number of likely N-dealkylation sites (N-methyl/N-ethyl adjacent to an activating group) is 1. The van der Waals surface area contributed by atoms with Crippen LogP contribution in [0.15, 0.2) is 0 Å². The topological polar surface area (TPSA) is 31.1 Å². The van der Waals surface area contributed by atoms with Gasteiger partial charge in [-0.1, -0.05) is 6.92 Å². The second-order valence-electron chi connectivity index (χ2n) is 5.87. The summed E-state index contributed by atoms with van der Waals surface area (Å²) < 4.78 is 0. The molecule has 0 unspecified atom stereocenters. The highest BCUT2D eigenvalue weighted by Gasteiger charge is 2.52. The van der Waals surface area contributed by atoms with Gasteiger partial charge >= 0.3 is 0 Å². The van der Waals surface area contributed by atoms with Crippen LogP contribution >= 0.6 is 0 Å². The number of aliphatic hydroxyl groups excluding tert-OH is 1. The molecule has 1 N–H and O–H groups in total. The van der Waals surface area contributed by atoms with Crippen LogP contribution in [0.1, 0.15) is 27.7 Å². The van der Waals surface area contributed by atoms with Gasteiger partial charge in [0.05, 0.1) is 6.61 Å². The van der Waals surface area contributed by atoms with Gasteiger partial charge in [-0.15, -0.1) is 0 Å². The van der Waals surface area contributed by atoms with E-state index in [4.69, 9.17) is 11.7 Å². The average Bonchev–Trinajstić information content (AvgIpc) is 2.18. The standard InChI is InChI=1S/C13H25N3O/c1-6-15(7-8-17)13(9-14-5)10-16(11-13)12(2,3)4/h17H,6-11H2,1-4H3. The number of rotatable bonds is 5. The first kappa shape index (κ1) is 14.4. The van der Waals surface area contributed by atoms with Crippen molar-refractivity contribution in [3.05, 3.63) is 11.4 Å². The van der Waals surface area contributed by atoms with E-state index in [9.17, 15) is 0 Å². The molecule has 17 heavy (non-hydrogen) atoms. The van der Waals surface area contributed by atoms with Gasteiger partial charge in [0.1, 0.15) is 5.54 Å². The molecule has 0 aromatic carbocycles. The van der Waals surface area contributed by atoms with Gasteiger partial charge < -0.3 is 9.95 Å². The number of likely N-dealkylation sites (tertiary alicyclic amines) is 1. The van der Waals surface area contributed by atoms with E-state index in [1.807, 2.05) is 0 Å². The van der Waals surface area contributed by atoms with Gasteiger partial charge in [0, 0.05) is 25.2 Å². The van der Waals surface area contributed by atoms with E-state index in [0.29, 0.717) is 13.1 Å². The maximum absolute atomic E-state index is 9.11. The Morgan fingerprint density at radius 2 is 2.00 bits per heavy atom. The summed E-state index contributed by atoms with van der Waals surface area (Å²) >= 11 is 0. The Morgan fingerprint density at radius 1 is 1.41 bits per heavy atom. The normalized spacial score (nSPS) is 20.1. The van der Waals surface area contributed by atoms with Crippen LogP contribution in [0.5, 0.6) is 0 Å². The molecule has 4 nitrogen and oxygen atoms in total. The third-order valence-electron chi connectivity index (χ3n) is 3.71. The van der Waals surface area contributed by atoms with E-state index in [0.717, 1.165) is 19.6 Å². The van der Waals surface area contributed by atoms with Gasteiger partial charge in [0.25, 0.3) is 0 Å². The smallest absolute Gasteiger partial charge is 0.235 e. The lowest BCUT2D eigenvalue weighted by atomic mass is 9.83. The van der Waals surface area contributed by atoms with Crippen molar-refractivity contribution < 1.29 is 5.11 Å². The molecule has 0 bridgehead atoms. The predicted molar refractivity (Wildman–Crippen MR) is 69.9 cm³/mol. The first-order chi connectivity index (χ1) is 7.89. The Bertz CT molecular complexity index is 284. The lowest BCUT2D eigenvalue weighted by Gasteiger charge is -2.57. The van der Waals surface area contributed by atoms with Crippen LogP contribution in [0.3, 0.4) is 0 Å². The van der Waals surface area contributed by atoms with Crippen LogP contribution in [0.25, 0.3) is 4.85 Å². The number of hydrogen-bond acceptors (Lipinski definition) is 3. The molecule has 0 aromatic rings. The number of β-amino-alcohol motifs (C(OH)–C–C–N with tert-alkyl or cyclic N) is 1. The van der Waals surface area contributed by atoms with E-state index in [1.165, 1.54) is 0 Å². The van der Waals surface area contributed by atoms with Crippen LogP contribution in [0.4, 0.5) is 0 Å². The minimum atomic E-state index is -0.0352. The van der Waals surface area contributed by atoms with Crippen LogP contribution in [0.2, 0.25) is 0 Å². The third kappa shape index (κ3) is 2.98. The van der Waals surface area contributed by atoms with Gasteiger partial charge in [0.15, 0.2) is 0 Å². The Hall–Kier alpha value is -0.630. The van der Waals surface area contributed by atoms with Crippen molar-refractivity contribution >= 4 is 0 Å². The first-order valence-electron chi connectivity index (χ1n) is 6.34. The highest BCUT2D eigenvalue weighted by Crippen LogP contribution is 2.33. The molecule has 0 aromatic heterocycles. The molecular weight excluding hydrogens is 214 g/mol. The molecule has 0 atom stereocenters. The zero-order valence-electron chi connectivity index (χ0n) is 11.5. The fourth-order valence-corrected chi connectivity index (χ4v) is 2.54. The van der Waals surface area contributed by atoms with E-state index < -0.39 is 0 Å². The summed E-state index contributed by atoms with van der Waals surface area (Å²) in [6.45, 7) is 20.0.